The molecule has 9 nitrogen and oxygen atoms in total. The molecule has 3 saturated heterocycles. The molecule has 9 heteroatoms. The summed E-state index contributed by atoms with van der Waals surface area (Å²) >= 11 is 0. The minimum Gasteiger partial charge on any atom is -0.467 e. The number of methoxy groups -OCH3 is 1. The molecule has 34 heavy (non-hydrogen) atoms. The number of nitrogens with zero attached hydrogens (tertiary/aromatic N) is 6. The SMILES string of the molecule is COc1nc(N2CC3CC2CO3)cc(-n2ncc3cc(C)c(C4CCN(CCO)CC4)cc32)n1. The molecule has 6 rings (SSSR count). The summed E-state index contributed by atoms with van der Waals surface area (Å²) in [5.74, 6) is 2.09. The van der Waals surface area contributed by atoms with Crippen LogP contribution in [0.2, 0.25) is 0 Å². The molecule has 0 saturated carbocycles. The van der Waals surface area contributed by atoms with Gasteiger partial charge in [-0.25, -0.2) is 4.68 Å². The summed E-state index contributed by atoms with van der Waals surface area (Å²) in [4.78, 5) is 14.0. The lowest BCUT2D eigenvalue weighted by atomic mass is 9.86. The summed E-state index contributed by atoms with van der Waals surface area (Å²) in [6.07, 6.45) is 5.45. The molecule has 0 amide bonds. The molecule has 0 spiro atoms. The molecule has 2 aromatic heterocycles. The van der Waals surface area contributed by atoms with Crippen molar-refractivity contribution >= 4 is 16.7 Å². The van der Waals surface area contributed by atoms with Crippen LogP contribution in [0.5, 0.6) is 6.01 Å². The number of aliphatic hydroxyl groups excluding tert-OH is 1. The van der Waals surface area contributed by atoms with Crippen molar-refractivity contribution in [2.75, 3.05) is 51.4 Å². The van der Waals surface area contributed by atoms with Crippen LogP contribution in [0.1, 0.15) is 36.3 Å². The fourth-order valence-corrected chi connectivity index (χ4v) is 5.86. The fourth-order valence-electron chi connectivity index (χ4n) is 5.86. The molecule has 0 aliphatic carbocycles. The normalized spacial score (nSPS) is 23.3. The maximum atomic E-state index is 9.26. The minimum absolute atomic E-state index is 0.227. The van der Waals surface area contributed by atoms with Crippen LogP contribution >= 0.6 is 0 Å². The molecule has 0 radical (unpaired) electrons. The average Bonchev–Trinajstić information content (AvgIpc) is 3.60. The van der Waals surface area contributed by atoms with Crippen LogP contribution in [0, 0.1) is 6.92 Å². The molecule has 3 aliphatic rings. The van der Waals surface area contributed by atoms with Gasteiger partial charge in [0.15, 0.2) is 5.82 Å². The summed E-state index contributed by atoms with van der Waals surface area (Å²) < 4.78 is 13.2. The van der Waals surface area contributed by atoms with Crippen LogP contribution in [0.4, 0.5) is 5.82 Å². The van der Waals surface area contributed by atoms with E-state index in [2.05, 4.69) is 38.8 Å². The van der Waals surface area contributed by atoms with E-state index in [1.54, 1.807) is 7.11 Å². The van der Waals surface area contributed by atoms with Crippen LogP contribution in [-0.4, -0.2) is 88.4 Å². The number of aryl methyl sites for hydroxylation is 1. The molecule has 2 unspecified atom stereocenters. The predicted molar refractivity (Wildman–Crippen MR) is 129 cm³/mol. The second-order valence-corrected chi connectivity index (χ2v) is 9.73. The van der Waals surface area contributed by atoms with Crippen molar-refractivity contribution in [2.45, 2.75) is 44.2 Å². The van der Waals surface area contributed by atoms with Gasteiger partial charge in [-0.15, -0.1) is 0 Å². The Hall–Kier alpha value is -2.75. The van der Waals surface area contributed by atoms with Crippen LogP contribution in [-0.2, 0) is 4.74 Å². The summed E-state index contributed by atoms with van der Waals surface area (Å²) in [6, 6.07) is 7.26. The highest BCUT2D eigenvalue weighted by atomic mass is 16.5. The number of hydrogen-bond donors (Lipinski definition) is 1. The average molecular weight is 465 g/mol. The van der Waals surface area contributed by atoms with Crippen molar-refractivity contribution in [1.82, 2.24) is 24.6 Å². The van der Waals surface area contributed by atoms with Crippen molar-refractivity contribution in [3.63, 3.8) is 0 Å². The summed E-state index contributed by atoms with van der Waals surface area (Å²) in [6.45, 7) is 6.83. The van der Waals surface area contributed by atoms with E-state index in [1.807, 2.05) is 16.9 Å². The molecular formula is C25H32N6O3. The zero-order valence-corrected chi connectivity index (χ0v) is 19.9. The van der Waals surface area contributed by atoms with Crippen molar-refractivity contribution < 1.29 is 14.6 Å². The number of hydrogen-bond acceptors (Lipinski definition) is 8. The maximum Gasteiger partial charge on any atom is 0.320 e. The van der Waals surface area contributed by atoms with Gasteiger partial charge in [0.2, 0.25) is 0 Å². The van der Waals surface area contributed by atoms with Crippen molar-refractivity contribution in [3.8, 4) is 11.8 Å². The van der Waals surface area contributed by atoms with E-state index in [4.69, 9.17) is 14.6 Å². The van der Waals surface area contributed by atoms with Gasteiger partial charge in [-0.2, -0.15) is 15.1 Å². The quantitative estimate of drug-likeness (QED) is 0.595. The van der Waals surface area contributed by atoms with Crippen molar-refractivity contribution in [2.24, 2.45) is 0 Å². The highest BCUT2D eigenvalue weighted by Crippen LogP contribution is 2.35. The number of morpholine rings is 1. The highest BCUT2D eigenvalue weighted by molar-refractivity contribution is 5.82. The Bertz CT molecular complexity index is 1190. The Morgan fingerprint density at radius 1 is 1.15 bits per heavy atom. The molecule has 180 valence electrons. The van der Waals surface area contributed by atoms with Crippen molar-refractivity contribution in [1.29, 1.82) is 0 Å². The standard InChI is InChI=1S/C25H32N6O3/c1-16-9-18-13-26-31(22(18)11-21(16)17-3-5-29(6-4-17)7-8-32)24-12-23(27-25(28-24)33-2)30-14-20-10-19(30)15-34-20/h9,11-13,17,19-20,32H,3-8,10,14-15H2,1-2H3. The first-order valence-electron chi connectivity index (χ1n) is 12.3. The topological polar surface area (TPSA) is 88.8 Å². The van der Waals surface area contributed by atoms with E-state index in [-0.39, 0.29) is 12.7 Å². The van der Waals surface area contributed by atoms with Gasteiger partial charge in [-0.3, -0.25) is 0 Å². The van der Waals surface area contributed by atoms with E-state index in [0.29, 0.717) is 23.8 Å². The molecular weight excluding hydrogens is 432 g/mol. The Kier molecular flexibility index (Phi) is 5.63. The molecule has 3 aliphatic heterocycles. The second kappa shape index (κ2) is 8.79. The van der Waals surface area contributed by atoms with E-state index in [1.165, 1.54) is 11.1 Å². The van der Waals surface area contributed by atoms with Gasteiger partial charge in [-0.1, -0.05) is 0 Å². The Balaban J connectivity index is 1.35. The first kappa shape index (κ1) is 21.8. The van der Waals surface area contributed by atoms with Gasteiger partial charge in [-0.05, 0) is 68.5 Å². The first-order chi connectivity index (χ1) is 16.6. The van der Waals surface area contributed by atoms with Gasteiger partial charge < -0.3 is 24.4 Å². The zero-order valence-electron chi connectivity index (χ0n) is 19.9. The number of rotatable bonds is 6. The van der Waals surface area contributed by atoms with Crippen LogP contribution in [0.3, 0.4) is 0 Å². The number of aliphatic hydroxyl groups is 1. The molecule has 1 aromatic carbocycles. The Morgan fingerprint density at radius 2 is 1.97 bits per heavy atom. The van der Waals surface area contributed by atoms with Gasteiger partial charge in [0, 0.05) is 24.5 Å². The van der Waals surface area contributed by atoms with Crippen molar-refractivity contribution in [3.05, 3.63) is 35.5 Å². The van der Waals surface area contributed by atoms with Gasteiger partial charge in [0.05, 0.1) is 44.2 Å². The number of likely N-dealkylation sites (tertiary alicyclic amines) is 1. The third-order valence-electron chi connectivity index (χ3n) is 7.67. The molecule has 3 fully saturated rings. The molecule has 5 heterocycles. The summed E-state index contributed by atoms with van der Waals surface area (Å²) in [5.41, 5.74) is 3.74. The van der Waals surface area contributed by atoms with Gasteiger partial charge in [0.25, 0.3) is 0 Å². The lowest BCUT2D eigenvalue weighted by Gasteiger charge is -2.32. The van der Waals surface area contributed by atoms with E-state index >= 15 is 0 Å². The molecule has 3 aromatic rings. The second-order valence-electron chi connectivity index (χ2n) is 9.73. The number of piperidine rings is 1. The number of β-amino-alcohol motifs (C(OH)–C–C–N with tert-alkyl or cyclic N) is 1. The Labute approximate surface area is 199 Å². The zero-order chi connectivity index (χ0) is 23.2. The van der Waals surface area contributed by atoms with Gasteiger partial charge in [0.1, 0.15) is 5.82 Å². The number of anilines is 1. The van der Waals surface area contributed by atoms with Crippen LogP contribution in [0.15, 0.2) is 24.4 Å². The lowest BCUT2D eigenvalue weighted by molar-refractivity contribution is 0.0988. The van der Waals surface area contributed by atoms with E-state index < -0.39 is 0 Å². The number of fused-ring (bicyclic) bond motifs is 3. The van der Waals surface area contributed by atoms with Gasteiger partial charge >= 0.3 is 6.01 Å². The lowest BCUT2D eigenvalue weighted by Crippen LogP contribution is -2.37. The third-order valence-corrected chi connectivity index (χ3v) is 7.67. The van der Waals surface area contributed by atoms with Crippen LogP contribution in [0.25, 0.3) is 16.7 Å². The minimum atomic E-state index is 0.227. The Morgan fingerprint density at radius 3 is 2.68 bits per heavy atom. The number of benzene rings is 1. The predicted octanol–water partition coefficient (Wildman–Crippen LogP) is 2.28. The third kappa shape index (κ3) is 3.81. The fraction of sp³-hybridized carbons (Fsp3) is 0.560. The van der Waals surface area contributed by atoms with E-state index in [9.17, 15) is 5.11 Å². The number of ether oxygens (including phenoxy) is 2. The largest absolute Gasteiger partial charge is 0.467 e. The monoisotopic (exact) mass is 464 g/mol. The molecule has 2 atom stereocenters. The van der Waals surface area contributed by atoms with E-state index in [0.717, 1.165) is 68.8 Å². The number of aromatic nitrogens is 4. The van der Waals surface area contributed by atoms with Crippen LogP contribution < -0.4 is 9.64 Å². The first-order valence-corrected chi connectivity index (χ1v) is 12.3. The summed E-state index contributed by atoms with van der Waals surface area (Å²) in [7, 11) is 1.61. The molecule has 2 bridgehead atoms. The highest BCUT2D eigenvalue weighted by Gasteiger charge is 2.40. The summed E-state index contributed by atoms with van der Waals surface area (Å²) in [5, 5.41) is 15.1. The smallest absolute Gasteiger partial charge is 0.320 e. The molecule has 1 N–H and O–H groups in total. The maximum absolute atomic E-state index is 9.26.